The summed E-state index contributed by atoms with van der Waals surface area (Å²) in [6, 6.07) is -3.36. The second-order valence-corrected chi connectivity index (χ2v) is 7.03. The number of nitrogens with two attached hydrogens (primary N) is 2. The molecular formula is C18H33N5O7. The highest BCUT2D eigenvalue weighted by Gasteiger charge is 2.27. The number of carbonyl (C=O) groups is 5. The third-order valence-corrected chi connectivity index (χ3v) is 4.57. The summed E-state index contributed by atoms with van der Waals surface area (Å²) >= 11 is 0. The molecule has 0 saturated carbocycles. The van der Waals surface area contributed by atoms with E-state index < -0.39 is 60.8 Å². The second-order valence-electron chi connectivity index (χ2n) is 7.03. The van der Waals surface area contributed by atoms with Gasteiger partial charge in [0.05, 0.1) is 19.0 Å². The third-order valence-electron chi connectivity index (χ3n) is 4.57. The lowest BCUT2D eigenvalue weighted by Crippen LogP contribution is -2.54. The highest BCUT2D eigenvalue weighted by Crippen LogP contribution is 2.07. The monoisotopic (exact) mass is 431 g/mol. The van der Waals surface area contributed by atoms with Crippen molar-refractivity contribution in [3.63, 3.8) is 0 Å². The van der Waals surface area contributed by atoms with E-state index in [1.54, 1.807) is 0 Å². The van der Waals surface area contributed by atoms with Crippen LogP contribution in [0.15, 0.2) is 0 Å². The Morgan fingerprint density at radius 1 is 0.967 bits per heavy atom. The van der Waals surface area contributed by atoms with Crippen LogP contribution in [-0.4, -0.2) is 71.1 Å². The molecule has 12 heteroatoms. The van der Waals surface area contributed by atoms with Crippen LogP contribution in [0, 0.1) is 5.92 Å². The molecule has 0 aromatic rings. The topological polar surface area (TPSA) is 214 Å². The Bertz CT molecular complexity index is 614. The highest BCUT2D eigenvalue weighted by molar-refractivity contribution is 5.93. The van der Waals surface area contributed by atoms with E-state index in [2.05, 4.69) is 10.6 Å². The molecule has 0 aliphatic carbocycles. The lowest BCUT2D eigenvalue weighted by Gasteiger charge is -2.23. The van der Waals surface area contributed by atoms with Crippen LogP contribution in [0.2, 0.25) is 0 Å². The van der Waals surface area contributed by atoms with Gasteiger partial charge in [0.2, 0.25) is 17.7 Å². The van der Waals surface area contributed by atoms with Crippen molar-refractivity contribution in [2.45, 2.75) is 64.1 Å². The number of rotatable bonds is 15. The number of nitrogens with one attached hydrogen (secondary N) is 3. The molecule has 0 fully saturated rings. The van der Waals surface area contributed by atoms with Crippen molar-refractivity contribution in [1.82, 2.24) is 16.0 Å². The van der Waals surface area contributed by atoms with Crippen molar-refractivity contribution < 1.29 is 34.2 Å². The van der Waals surface area contributed by atoms with Gasteiger partial charge in [-0.05, 0) is 31.7 Å². The Morgan fingerprint density at radius 3 is 2.10 bits per heavy atom. The first-order valence-corrected chi connectivity index (χ1v) is 9.81. The molecule has 9 N–H and O–H groups in total. The average Bonchev–Trinajstić information content (AvgIpc) is 2.69. The molecule has 0 heterocycles. The molecule has 172 valence electrons. The fourth-order valence-electron chi connectivity index (χ4n) is 2.45. The third kappa shape index (κ3) is 10.7. The van der Waals surface area contributed by atoms with Gasteiger partial charge in [-0.15, -0.1) is 0 Å². The molecule has 4 unspecified atom stereocenters. The molecule has 0 aliphatic rings. The summed E-state index contributed by atoms with van der Waals surface area (Å²) in [5.74, 6) is -5.01. The number of carboxylic acids is 2. The van der Waals surface area contributed by atoms with E-state index in [1.807, 2.05) is 19.2 Å². The summed E-state index contributed by atoms with van der Waals surface area (Å²) in [4.78, 5) is 58.3. The van der Waals surface area contributed by atoms with E-state index in [0.29, 0.717) is 25.8 Å². The number of hydrogen-bond donors (Lipinski definition) is 7. The average molecular weight is 431 g/mol. The van der Waals surface area contributed by atoms with Gasteiger partial charge in [0.15, 0.2) is 0 Å². The van der Waals surface area contributed by atoms with Gasteiger partial charge in [-0.3, -0.25) is 19.2 Å². The fourth-order valence-corrected chi connectivity index (χ4v) is 2.45. The van der Waals surface area contributed by atoms with Crippen molar-refractivity contribution in [2.75, 3.05) is 13.1 Å². The zero-order valence-corrected chi connectivity index (χ0v) is 17.3. The number of amides is 3. The van der Waals surface area contributed by atoms with Crippen molar-refractivity contribution >= 4 is 29.7 Å². The molecule has 0 aliphatic heterocycles. The predicted molar refractivity (Wildman–Crippen MR) is 107 cm³/mol. The highest BCUT2D eigenvalue weighted by atomic mass is 16.4. The molecule has 0 rings (SSSR count). The first-order chi connectivity index (χ1) is 14.0. The lowest BCUT2D eigenvalue weighted by molar-refractivity contribution is -0.147. The molecule has 12 nitrogen and oxygen atoms in total. The minimum Gasteiger partial charge on any atom is -0.481 e. The maximum atomic E-state index is 12.4. The van der Waals surface area contributed by atoms with E-state index in [9.17, 15) is 24.0 Å². The smallest absolute Gasteiger partial charge is 0.326 e. The van der Waals surface area contributed by atoms with Gasteiger partial charge in [-0.25, -0.2) is 4.79 Å². The minimum atomic E-state index is -1.62. The number of aliphatic carboxylic acids is 2. The van der Waals surface area contributed by atoms with Gasteiger partial charge in [0, 0.05) is 0 Å². The molecule has 0 aromatic heterocycles. The first kappa shape index (κ1) is 27.3. The first-order valence-electron chi connectivity index (χ1n) is 9.81. The van der Waals surface area contributed by atoms with Gasteiger partial charge >= 0.3 is 11.9 Å². The van der Waals surface area contributed by atoms with Gasteiger partial charge < -0.3 is 37.6 Å². The molecular weight excluding hydrogens is 398 g/mol. The van der Waals surface area contributed by atoms with Crippen molar-refractivity contribution in [3.05, 3.63) is 0 Å². The standard InChI is InChI=1S/C18H33N5O7/c1-3-10(2)15(20)17(28)23-11(6-4-5-7-19)16(27)21-9-13(24)22-12(18(29)30)8-14(25)26/h10-12,15H,3-9,19-20H2,1-2H3,(H,21,27)(H,22,24)(H,23,28)(H,25,26)(H,29,30). The number of carboxylic acid groups (broad SMARTS) is 2. The Kier molecular flexibility index (Phi) is 13.0. The Hall–Kier alpha value is -2.73. The van der Waals surface area contributed by atoms with E-state index >= 15 is 0 Å². The Morgan fingerprint density at radius 2 is 1.60 bits per heavy atom. The quantitative estimate of drug-likeness (QED) is 0.144. The van der Waals surface area contributed by atoms with Crippen LogP contribution in [0.1, 0.15) is 46.0 Å². The van der Waals surface area contributed by atoms with Crippen LogP contribution in [-0.2, 0) is 24.0 Å². The Labute approximate surface area is 175 Å². The van der Waals surface area contributed by atoms with Crippen LogP contribution < -0.4 is 27.4 Å². The van der Waals surface area contributed by atoms with Crippen LogP contribution in [0.4, 0.5) is 0 Å². The van der Waals surface area contributed by atoms with Crippen molar-refractivity contribution in [3.8, 4) is 0 Å². The molecule has 0 saturated heterocycles. The van der Waals surface area contributed by atoms with Gasteiger partial charge in [-0.1, -0.05) is 20.3 Å². The zero-order chi connectivity index (χ0) is 23.3. The summed E-state index contributed by atoms with van der Waals surface area (Å²) < 4.78 is 0. The molecule has 0 spiro atoms. The summed E-state index contributed by atoms with van der Waals surface area (Å²) in [6.07, 6.45) is 1.34. The van der Waals surface area contributed by atoms with Gasteiger partial charge in [0.25, 0.3) is 0 Å². The molecule has 4 atom stereocenters. The number of hydrogen-bond acceptors (Lipinski definition) is 7. The largest absolute Gasteiger partial charge is 0.481 e. The van der Waals surface area contributed by atoms with Crippen LogP contribution in [0.3, 0.4) is 0 Å². The molecule has 3 amide bonds. The normalized spacial score (nSPS) is 14.7. The van der Waals surface area contributed by atoms with E-state index in [1.165, 1.54) is 0 Å². The SMILES string of the molecule is CCC(C)C(N)C(=O)NC(CCCCN)C(=O)NCC(=O)NC(CC(=O)O)C(=O)O. The fraction of sp³-hybridized carbons (Fsp3) is 0.722. The van der Waals surface area contributed by atoms with Crippen molar-refractivity contribution in [2.24, 2.45) is 17.4 Å². The molecule has 0 aromatic carbocycles. The lowest BCUT2D eigenvalue weighted by atomic mass is 9.98. The van der Waals surface area contributed by atoms with Crippen LogP contribution >= 0.6 is 0 Å². The number of carbonyl (C=O) groups excluding carboxylic acids is 3. The van der Waals surface area contributed by atoms with E-state index in [0.717, 1.165) is 0 Å². The maximum Gasteiger partial charge on any atom is 0.326 e. The predicted octanol–water partition coefficient (Wildman–Crippen LogP) is -1.87. The maximum absolute atomic E-state index is 12.4. The molecule has 0 radical (unpaired) electrons. The van der Waals surface area contributed by atoms with E-state index in [4.69, 9.17) is 21.7 Å². The summed E-state index contributed by atoms with van der Waals surface area (Å²) in [6.45, 7) is 3.53. The summed E-state index contributed by atoms with van der Waals surface area (Å²) in [5.41, 5.74) is 11.3. The summed E-state index contributed by atoms with van der Waals surface area (Å²) in [7, 11) is 0. The molecule has 30 heavy (non-hydrogen) atoms. The van der Waals surface area contributed by atoms with Gasteiger partial charge in [-0.2, -0.15) is 0 Å². The van der Waals surface area contributed by atoms with E-state index in [-0.39, 0.29) is 12.3 Å². The number of unbranched alkanes of at least 4 members (excludes halogenated alkanes) is 1. The van der Waals surface area contributed by atoms with Crippen molar-refractivity contribution in [1.29, 1.82) is 0 Å². The minimum absolute atomic E-state index is 0.0919. The molecule has 0 bridgehead atoms. The van der Waals surface area contributed by atoms with Gasteiger partial charge in [0.1, 0.15) is 12.1 Å². The Balaban J connectivity index is 4.90. The summed E-state index contributed by atoms with van der Waals surface area (Å²) in [5, 5.41) is 24.5. The van der Waals surface area contributed by atoms with Crippen LogP contribution in [0.5, 0.6) is 0 Å². The zero-order valence-electron chi connectivity index (χ0n) is 17.3. The van der Waals surface area contributed by atoms with Crippen LogP contribution in [0.25, 0.3) is 0 Å². The second kappa shape index (κ2) is 14.3.